The molecule has 4 heterocycles. The van der Waals surface area contributed by atoms with Gasteiger partial charge in [-0.25, -0.2) is 9.20 Å². The lowest BCUT2D eigenvalue weighted by Gasteiger charge is -2.24. The lowest BCUT2D eigenvalue weighted by molar-refractivity contribution is 0.0783. The third-order valence-corrected chi connectivity index (χ3v) is 5.02. The Morgan fingerprint density at radius 3 is 2.88 bits per heavy atom. The lowest BCUT2D eigenvalue weighted by Crippen LogP contribution is -2.37. The second-order valence-corrected chi connectivity index (χ2v) is 6.81. The average Bonchev–Trinajstić information content (AvgIpc) is 3.32. The summed E-state index contributed by atoms with van der Waals surface area (Å²) >= 11 is 6.28. The quantitative estimate of drug-likeness (QED) is 0.703. The van der Waals surface area contributed by atoms with Crippen LogP contribution in [0.15, 0.2) is 36.9 Å². The number of pyridine rings is 1. The predicted molar refractivity (Wildman–Crippen MR) is 92.6 cm³/mol. The number of carbonyl (C=O) groups excluding carboxylic acids is 1. The van der Waals surface area contributed by atoms with Crippen LogP contribution in [0.5, 0.6) is 0 Å². The molecule has 1 aliphatic heterocycles. The molecule has 25 heavy (non-hydrogen) atoms. The fourth-order valence-electron chi connectivity index (χ4n) is 3.43. The van der Waals surface area contributed by atoms with Crippen molar-refractivity contribution in [2.75, 3.05) is 27.2 Å². The predicted octanol–water partition coefficient (Wildman–Crippen LogP) is 1.21. The van der Waals surface area contributed by atoms with Gasteiger partial charge >= 0.3 is 0 Å². The molecule has 0 bridgehead atoms. The Bertz CT molecular complexity index is 904. The van der Waals surface area contributed by atoms with Crippen molar-refractivity contribution in [1.82, 2.24) is 34.4 Å². The number of likely N-dealkylation sites (tertiary alicyclic amines) is 1. The van der Waals surface area contributed by atoms with E-state index in [0.717, 1.165) is 0 Å². The van der Waals surface area contributed by atoms with Crippen molar-refractivity contribution in [2.45, 2.75) is 12.1 Å². The molecule has 8 nitrogen and oxygen atoms in total. The molecule has 1 amide bonds. The van der Waals surface area contributed by atoms with Gasteiger partial charge < -0.3 is 9.80 Å². The number of carbonyl (C=O) groups is 1. The summed E-state index contributed by atoms with van der Waals surface area (Å²) in [5, 5.41) is 12.8. The molecule has 4 rings (SSSR count). The molecule has 9 heteroatoms. The van der Waals surface area contributed by atoms with Crippen LogP contribution in [0, 0.1) is 0 Å². The zero-order valence-corrected chi connectivity index (χ0v) is 14.7. The van der Waals surface area contributed by atoms with Crippen molar-refractivity contribution in [1.29, 1.82) is 0 Å². The standard InChI is InChI=1S/C16H18ClN7O/c1-21(2)13-9-22(10-14(13)23-7-5-18-20-23)16(25)11-8-19-24-6-3-4-12(17)15(11)24/h3-8,13-14H,9-10H2,1-2H3/t13-,14+/m1/s1. The summed E-state index contributed by atoms with van der Waals surface area (Å²) in [7, 11) is 4.02. The van der Waals surface area contributed by atoms with Crippen molar-refractivity contribution < 1.29 is 4.79 Å². The van der Waals surface area contributed by atoms with Crippen LogP contribution in [0.3, 0.4) is 0 Å². The van der Waals surface area contributed by atoms with Crippen LogP contribution >= 0.6 is 11.6 Å². The lowest BCUT2D eigenvalue weighted by atomic mass is 10.1. The molecule has 2 atom stereocenters. The first kappa shape index (κ1) is 16.0. The Kier molecular flexibility index (Phi) is 3.93. The smallest absolute Gasteiger partial charge is 0.257 e. The van der Waals surface area contributed by atoms with E-state index in [2.05, 4.69) is 20.3 Å². The number of hydrogen-bond acceptors (Lipinski definition) is 5. The van der Waals surface area contributed by atoms with Crippen LogP contribution in [0.25, 0.3) is 5.52 Å². The number of nitrogens with zero attached hydrogens (tertiary/aromatic N) is 7. The maximum Gasteiger partial charge on any atom is 0.257 e. The number of amides is 1. The van der Waals surface area contributed by atoms with E-state index in [4.69, 9.17) is 11.6 Å². The monoisotopic (exact) mass is 359 g/mol. The molecule has 0 N–H and O–H groups in total. The molecule has 0 radical (unpaired) electrons. The van der Waals surface area contributed by atoms with Gasteiger partial charge in [0.05, 0.1) is 40.6 Å². The molecule has 0 unspecified atom stereocenters. The normalized spacial score (nSPS) is 20.7. The molecule has 1 aliphatic rings. The molecule has 1 fully saturated rings. The number of hydrogen-bond donors (Lipinski definition) is 0. The maximum absolute atomic E-state index is 13.1. The molecule has 3 aromatic heterocycles. The summed E-state index contributed by atoms with van der Waals surface area (Å²) in [6, 6.07) is 3.77. The first-order valence-corrected chi connectivity index (χ1v) is 8.37. The van der Waals surface area contributed by atoms with Crippen LogP contribution in [0.1, 0.15) is 16.4 Å². The number of fused-ring (bicyclic) bond motifs is 1. The second-order valence-electron chi connectivity index (χ2n) is 6.40. The largest absolute Gasteiger partial charge is 0.335 e. The van der Waals surface area contributed by atoms with Gasteiger partial charge in [0.2, 0.25) is 0 Å². The van der Waals surface area contributed by atoms with E-state index in [9.17, 15) is 4.79 Å². The van der Waals surface area contributed by atoms with Crippen molar-refractivity contribution in [3.05, 3.63) is 47.5 Å². The minimum Gasteiger partial charge on any atom is -0.335 e. The number of aromatic nitrogens is 5. The van der Waals surface area contributed by atoms with Gasteiger partial charge in [-0.2, -0.15) is 5.10 Å². The van der Waals surface area contributed by atoms with Gasteiger partial charge in [0.25, 0.3) is 5.91 Å². The summed E-state index contributed by atoms with van der Waals surface area (Å²) in [6.45, 7) is 1.17. The summed E-state index contributed by atoms with van der Waals surface area (Å²) < 4.78 is 3.45. The molecule has 3 aromatic rings. The van der Waals surface area contributed by atoms with E-state index in [1.807, 2.05) is 29.9 Å². The average molecular weight is 360 g/mol. The highest BCUT2D eigenvalue weighted by Crippen LogP contribution is 2.28. The van der Waals surface area contributed by atoms with E-state index < -0.39 is 0 Å². The minimum absolute atomic E-state index is 0.0544. The number of halogens is 1. The highest BCUT2D eigenvalue weighted by molar-refractivity contribution is 6.34. The van der Waals surface area contributed by atoms with Gasteiger partial charge in [0.15, 0.2) is 0 Å². The molecule has 0 spiro atoms. The SMILES string of the molecule is CN(C)[C@@H]1CN(C(=O)c2cnn3cccc(Cl)c23)C[C@@H]1n1ccnn1. The molecule has 0 saturated carbocycles. The summed E-state index contributed by atoms with van der Waals surface area (Å²) in [4.78, 5) is 17.1. The summed E-state index contributed by atoms with van der Waals surface area (Å²) in [6.07, 6.45) is 6.85. The molecular weight excluding hydrogens is 342 g/mol. The maximum atomic E-state index is 13.1. The Balaban J connectivity index is 1.66. The zero-order valence-electron chi connectivity index (χ0n) is 13.9. The van der Waals surface area contributed by atoms with Gasteiger partial charge in [-0.3, -0.25) is 4.79 Å². The van der Waals surface area contributed by atoms with Crippen LogP contribution in [-0.2, 0) is 0 Å². The molecule has 0 aromatic carbocycles. The Morgan fingerprint density at radius 1 is 1.32 bits per heavy atom. The Labute approximate surface area is 149 Å². The fraction of sp³-hybridized carbons (Fsp3) is 0.375. The Hall–Kier alpha value is -2.45. The number of rotatable bonds is 3. The third-order valence-electron chi connectivity index (χ3n) is 4.71. The van der Waals surface area contributed by atoms with E-state index in [1.54, 1.807) is 35.2 Å². The Morgan fingerprint density at radius 2 is 2.16 bits per heavy atom. The van der Waals surface area contributed by atoms with Crippen molar-refractivity contribution >= 4 is 23.0 Å². The van der Waals surface area contributed by atoms with Gasteiger partial charge in [-0.15, -0.1) is 5.10 Å². The molecule has 1 saturated heterocycles. The minimum atomic E-state index is -0.0717. The third kappa shape index (κ3) is 2.67. The fourth-order valence-corrected chi connectivity index (χ4v) is 3.69. The van der Waals surface area contributed by atoms with Crippen molar-refractivity contribution in [3.8, 4) is 0 Å². The molecule has 0 aliphatic carbocycles. The van der Waals surface area contributed by atoms with Crippen LogP contribution in [0.2, 0.25) is 5.02 Å². The highest BCUT2D eigenvalue weighted by Gasteiger charge is 2.39. The highest BCUT2D eigenvalue weighted by atomic mass is 35.5. The van der Waals surface area contributed by atoms with E-state index in [-0.39, 0.29) is 18.0 Å². The van der Waals surface area contributed by atoms with Gasteiger partial charge in [-0.05, 0) is 26.2 Å². The van der Waals surface area contributed by atoms with E-state index in [0.29, 0.717) is 29.2 Å². The number of likely N-dealkylation sites (N-methyl/N-ethyl adjacent to an activating group) is 1. The molecule has 130 valence electrons. The van der Waals surface area contributed by atoms with Crippen molar-refractivity contribution in [2.24, 2.45) is 0 Å². The van der Waals surface area contributed by atoms with E-state index >= 15 is 0 Å². The van der Waals surface area contributed by atoms with Crippen LogP contribution in [-0.4, -0.2) is 73.5 Å². The zero-order chi connectivity index (χ0) is 17.6. The van der Waals surface area contributed by atoms with Gasteiger partial charge in [0, 0.05) is 25.5 Å². The topological polar surface area (TPSA) is 71.6 Å². The first-order chi connectivity index (χ1) is 12.1. The summed E-state index contributed by atoms with van der Waals surface area (Å²) in [5.41, 5.74) is 1.15. The van der Waals surface area contributed by atoms with Crippen LogP contribution in [0.4, 0.5) is 0 Å². The summed E-state index contributed by atoms with van der Waals surface area (Å²) in [5.74, 6) is -0.0717. The van der Waals surface area contributed by atoms with E-state index in [1.165, 1.54) is 0 Å². The molecular formula is C16H18ClN7O. The van der Waals surface area contributed by atoms with Gasteiger partial charge in [0.1, 0.15) is 0 Å². The van der Waals surface area contributed by atoms with Crippen molar-refractivity contribution in [3.63, 3.8) is 0 Å². The van der Waals surface area contributed by atoms with Gasteiger partial charge in [-0.1, -0.05) is 16.8 Å². The second kappa shape index (κ2) is 6.12. The van der Waals surface area contributed by atoms with Crippen LogP contribution < -0.4 is 0 Å². The first-order valence-electron chi connectivity index (χ1n) is 7.99.